The number of anilines is 1. The molecule has 0 aliphatic heterocycles. The van der Waals surface area contributed by atoms with Crippen LogP contribution in [0, 0.1) is 0 Å². The van der Waals surface area contributed by atoms with Gasteiger partial charge in [-0.2, -0.15) is 0 Å². The molecule has 0 heterocycles. The highest BCUT2D eigenvalue weighted by Crippen LogP contribution is 2.26. The molecular weight excluding hydrogens is 593 g/mol. The van der Waals surface area contributed by atoms with E-state index in [2.05, 4.69) is 5.32 Å². The number of hydrogen-bond donors (Lipinski definition) is 1. The number of nitrogens with one attached hydrogen (secondary N) is 1. The summed E-state index contributed by atoms with van der Waals surface area (Å²) < 4.78 is 28.8. The SMILES string of the molecule is CCNC(=O)[C@@H](Cc1ccccc1)N(Cc1ccc(Cl)cc1)C(=O)CN(c1ccc(Cl)cc1)S(=O)(=O)c1ccccc1. The number of hydrogen-bond acceptors (Lipinski definition) is 4. The molecule has 42 heavy (non-hydrogen) atoms. The molecule has 0 unspecified atom stereocenters. The van der Waals surface area contributed by atoms with Gasteiger partial charge < -0.3 is 10.2 Å². The number of sulfonamides is 1. The van der Waals surface area contributed by atoms with Crippen molar-refractivity contribution in [2.45, 2.75) is 30.8 Å². The summed E-state index contributed by atoms with van der Waals surface area (Å²) in [4.78, 5) is 29.2. The van der Waals surface area contributed by atoms with Gasteiger partial charge in [0.2, 0.25) is 11.8 Å². The topological polar surface area (TPSA) is 86.8 Å². The molecular formula is C32H31Cl2N3O4S. The summed E-state index contributed by atoms with van der Waals surface area (Å²) in [5, 5.41) is 3.80. The highest BCUT2D eigenvalue weighted by molar-refractivity contribution is 7.92. The zero-order chi connectivity index (χ0) is 30.1. The van der Waals surface area contributed by atoms with Crippen molar-refractivity contribution >= 4 is 50.7 Å². The minimum absolute atomic E-state index is 0.0292. The van der Waals surface area contributed by atoms with Crippen molar-refractivity contribution in [3.63, 3.8) is 0 Å². The molecule has 4 rings (SSSR count). The van der Waals surface area contributed by atoms with Gasteiger partial charge in [-0.25, -0.2) is 8.42 Å². The molecule has 0 saturated heterocycles. The highest BCUT2D eigenvalue weighted by atomic mass is 35.5. The predicted octanol–water partition coefficient (Wildman–Crippen LogP) is 5.96. The van der Waals surface area contributed by atoms with Gasteiger partial charge in [0.1, 0.15) is 12.6 Å². The van der Waals surface area contributed by atoms with E-state index in [1.54, 1.807) is 73.7 Å². The third-order valence-electron chi connectivity index (χ3n) is 6.61. The molecule has 0 aliphatic rings. The van der Waals surface area contributed by atoms with Crippen LogP contribution in [0.3, 0.4) is 0 Å². The molecule has 0 aromatic heterocycles. The number of nitrogens with zero attached hydrogens (tertiary/aromatic N) is 2. The molecule has 218 valence electrons. The Morgan fingerprint density at radius 2 is 1.31 bits per heavy atom. The van der Waals surface area contributed by atoms with Crippen LogP contribution in [-0.4, -0.2) is 44.3 Å². The number of carbonyl (C=O) groups excluding carboxylic acids is 2. The fraction of sp³-hybridized carbons (Fsp3) is 0.188. The van der Waals surface area contributed by atoms with Crippen LogP contribution in [0.5, 0.6) is 0 Å². The standard InChI is InChI=1S/C32H31Cl2N3O4S/c1-2-35-32(39)30(21-24-9-5-3-6-10-24)36(22-25-13-15-26(33)16-14-25)31(38)23-37(28-19-17-27(34)18-20-28)42(40,41)29-11-7-4-8-12-29/h3-20,30H,2,21-23H2,1H3,(H,35,39)/t30-/m1/s1. The highest BCUT2D eigenvalue weighted by Gasteiger charge is 2.34. The first-order chi connectivity index (χ1) is 20.2. The lowest BCUT2D eigenvalue weighted by Gasteiger charge is -2.33. The van der Waals surface area contributed by atoms with Crippen LogP contribution in [0.1, 0.15) is 18.1 Å². The molecule has 0 bridgehead atoms. The maximum atomic E-state index is 14.3. The number of amides is 2. The molecule has 2 amide bonds. The van der Waals surface area contributed by atoms with Crippen LogP contribution >= 0.6 is 23.2 Å². The van der Waals surface area contributed by atoms with Crippen LogP contribution in [0.25, 0.3) is 0 Å². The molecule has 10 heteroatoms. The lowest BCUT2D eigenvalue weighted by molar-refractivity contribution is -0.140. The van der Waals surface area contributed by atoms with E-state index in [0.29, 0.717) is 16.6 Å². The molecule has 0 radical (unpaired) electrons. The van der Waals surface area contributed by atoms with Crippen LogP contribution in [0.4, 0.5) is 5.69 Å². The van der Waals surface area contributed by atoms with E-state index in [1.165, 1.54) is 17.0 Å². The molecule has 4 aromatic rings. The zero-order valence-electron chi connectivity index (χ0n) is 23.0. The number of likely N-dealkylation sites (N-methyl/N-ethyl adjacent to an activating group) is 1. The maximum absolute atomic E-state index is 14.3. The van der Waals surface area contributed by atoms with E-state index in [-0.39, 0.29) is 29.5 Å². The van der Waals surface area contributed by atoms with Crippen molar-refractivity contribution in [1.29, 1.82) is 0 Å². The van der Waals surface area contributed by atoms with E-state index in [0.717, 1.165) is 15.4 Å². The quantitative estimate of drug-likeness (QED) is 0.211. The normalized spacial score (nSPS) is 11.9. The van der Waals surface area contributed by atoms with Crippen molar-refractivity contribution in [2.24, 2.45) is 0 Å². The Hall–Kier alpha value is -3.85. The Morgan fingerprint density at radius 3 is 1.88 bits per heavy atom. The summed E-state index contributed by atoms with van der Waals surface area (Å²) >= 11 is 12.2. The molecule has 0 spiro atoms. The minimum atomic E-state index is -4.16. The predicted molar refractivity (Wildman–Crippen MR) is 167 cm³/mol. The zero-order valence-corrected chi connectivity index (χ0v) is 25.3. The summed E-state index contributed by atoms with van der Waals surface area (Å²) in [6, 6.07) is 29.5. The van der Waals surface area contributed by atoms with Gasteiger partial charge in [-0.05, 0) is 66.6 Å². The van der Waals surface area contributed by atoms with E-state index in [9.17, 15) is 18.0 Å². The Morgan fingerprint density at radius 1 is 0.762 bits per heavy atom. The van der Waals surface area contributed by atoms with Gasteiger partial charge in [0.15, 0.2) is 0 Å². The summed E-state index contributed by atoms with van der Waals surface area (Å²) in [6.45, 7) is 1.69. The molecule has 1 N–H and O–H groups in total. The smallest absolute Gasteiger partial charge is 0.264 e. The van der Waals surface area contributed by atoms with Gasteiger partial charge in [0, 0.05) is 29.6 Å². The van der Waals surface area contributed by atoms with Crippen molar-refractivity contribution in [3.8, 4) is 0 Å². The monoisotopic (exact) mass is 623 g/mol. The second-order valence-corrected chi connectivity index (χ2v) is 12.3. The summed E-state index contributed by atoms with van der Waals surface area (Å²) in [5.74, 6) is -0.890. The number of benzene rings is 4. The summed E-state index contributed by atoms with van der Waals surface area (Å²) in [6.07, 6.45) is 0.235. The third-order valence-corrected chi connectivity index (χ3v) is 8.90. The first kappa shape index (κ1) is 31.1. The van der Waals surface area contributed by atoms with Gasteiger partial charge in [-0.1, -0.05) is 83.9 Å². The molecule has 0 saturated carbocycles. The second-order valence-electron chi connectivity index (χ2n) is 9.55. The van der Waals surface area contributed by atoms with Crippen molar-refractivity contribution in [1.82, 2.24) is 10.2 Å². The summed E-state index contributed by atoms with van der Waals surface area (Å²) in [5.41, 5.74) is 1.86. The molecule has 4 aromatic carbocycles. The fourth-order valence-electron chi connectivity index (χ4n) is 4.49. The van der Waals surface area contributed by atoms with Gasteiger partial charge in [0.25, 0.3) is 10.0 Å². The van der Waals surface area contributed by atoms with Crippen LogP contribution in [0.15, 0.2) is 114 Å². The molecule has 7 nitrogen and oxygen atoms in total. The Kier molecular flexibility index (Phi) is 10.6. The van der Waals surface area contributed by atoms with Gasteiger partial charge in [0.05, 0.1) is 10.6 Å². The maximum Gasteiger partial charge on any atom is 0.264 e. The number of halogens is 2. The van der Waals surface area contributed by atoms with E-state index in [1.807, 2.05) is 30.3 Å². The van der Waals surface area contributed by atoms with Gasteiger partial charge in [-0.3, -0.25) is 13.9 Å². The second kappa shape index (κ2) is 14.4. The number of carbonyl (C=O) groups is 2. The van der Waals surface area contributed by atoms with Crippen molar-refractivity contribution in [2.75, 3.05) is 17.4 Å². The van der Waals surface area contributed by atoms with E-state index in [4.69, 9.17) is 23.2 Å². The minimum Gasteiger partial charge on any atom is -0.355 e. The van der Waals surface area contributed by atoms with Crippen LogP contribution in [-0.2, 0) is 32.6 Å². The van der Waals surface area contributed by atoms with Gasteiger partial charge in [-0.15, -0.1) is 0 Å². The number of rotatable bonds is 12. The Labute approximate surface area is 256 Å². The largest absolute Gasteiger partial charge is 0.355 e. The first-order valence-electron chi connectivity index (χ1n) is 13.4. The van der Waals surface area contributed by atoms with E-state index >= 15 is 0 Å². The molecule has 0 aliphatic carbocycles. The Bertz CT molecular complexity index is 1580. The summed E-state index contributed by atoms with van der Waals surface area (Å²) in [7, 11) is -4.16. The average Bonchev–Trinajstić information content (AvgIpc) is 3.00. The Balaban J connectivity index is 1.78. The van der Waals surface area contributed by atoms with E-state index < -0.39 is 28.5 Å². The molecule has 1 atom stereocenters. The third kappa shape index (κ3) is 7.91. The van der Waals surface area contributed by atoms with Gasteiger partial charge >= 0.3 is 0 Å². The lowest BCUT2D eigenvalue weighted by atomic mass is 10.0. The fourth-order valence-corrected chi connectivity index (χ4v) is 6.18. The average molecular weight is 625 g/mol. The van der Waals surface area contributed by atoms with Crippen molar-refractivity contribution in [3.05, 3.63) is 130 Å². The molecule has 0 fully saturated rings. The van der Waals surface area contributed by atoms with Crippen molar-refractivity contribution < 1.29 is 18.0 Å². The van der Waals surface area contributed by atoms with Crippen LogP contribution in [0.2, 0.25) is 10.0 Å². The lowest BCUT2D eigenvalue weighted by Crippen LogP contribution is -2.53. The van der Waals surface area contributed by atoms with Crippen LogP contribution < -0.4 is 9.62 Å². The first-order valence-corrected chi connectivity index (χ1v) is 15.6.